The number of nitrogens with one attached hydrogen (secondary N) is 2. The van der Waals surface area contributed by atoms with Crippen LogP contribution in [0.25, 0.3) is 6.08 Å². The first kappa shape index (κ1) is 23.0. The highest BCUT2D eigenvalue weighted by atomic mass is 32.1. The molecule has 2 aromatic carbocycles. The number of nitrogens with zero attached hydrogens (tertiary/aromatic N) is 1. The highest BCUT2D eigenvalue weighted by molar-refractivity contribution is 7.13. The Morgan fingerprint density at radius 3 is 2.59 bits per heavy atom. The van der Waals surface area contributed by atoms with Crippen LogP contribution in [0, 0.1) is 0 Å². The molecule has 0 aliphatic rings. The number of aromatic nitrogens is 1. The highest BCUT2D eigenvalue weighted by Crippen LogP contribution is 2.28. The van der Waals surface area contributed by atoms with Crippen molar-refractivity contribution in [3.63, 3.8) is 0 Å². The lowest BCUT2D eigenvalue weighted by molar-refractivity contribution is -0.111. The Morgan fingerprint density at radius 1 is 1.09 bits per heavy atom. The Morgan fingerprint density at radius 2 is 1.91 bits per heavy atom. The maximum atomic E-state index is 12.3. The molecule has 0 aliphatic carbocycles. The van der Waals surface area contributed by atoms with Crippen LogP contribution >= 0.6 is 11.3 Å². The third-order valence-electron chi connectivity index (χ3n) is 4.44. The summed E-state index contributed by atoms with van der Waals surface area (Å²) < 4.78 is 11.1. The SMILES string of the molecule is CCCCOc1ccc(/C=C/C(=O)Nc2ccc(C(=O)Nc3nccs3)cc2)cc1OC. The average molecular weight is 452 g/mol. The van der Waals surface area contributed by atoms with Crippen molar-refractivity contribution in [2.75, 3.05) is 24.4 Å². The van der Waals surface area contributed by atoms with Crippen LogP contribution in [0.5, 0.6) is 11.5 Å². The molecule has 2 amide bonds. The molecule has 0 saturated heterocycles. The number of benzene rings is 2. The second kappa shape index (κ2) is 11.7. The molecule has 0 aliphatic heterocycles. The normalized spacial score (nSPS) is 10.7. The van der Waals surface area contributed by atoms with Gasteiger partial charge in [-0.1, -0.05) is 19.4 Å². The Balaban J connectivity index is 1.56. The predicted molar refractivity (Wildman–Crippen MR) is 128 cm³/mol. The maximum absolute atomic E-state index is 12.3. The van der Waals surface area contributed by atoms with Crippen LogP contribution in [0.4, 0.5) is 10.8 Å². The fourth-order valence-corrected chi connectivity index (χ4v) is 3.27. The first-order valence-electron chi connectivity index (χ1n) is 10.2. The number of unbranched alkanes of at least 4 members (excludes halogenated alkanes) is 1. The molecule has 0 unspecified atom stereocenters. The van der Waals surface area contributed by atoms with Crippen molar-refractivity contribution in [2.24, 2.45) is 0 Å². The number of amides is 2. The second-order valence-corrected chi connectivity index (χ2v) is 7.70. The Kier molecular flexibility index (Phi) is 8.39. The van der Waals surface area contributed by atoms with Gasteiger partial charge in [-0.15, -0.1) is 11.3 Å². The summed E-state index contributed by atoms with van der Waals surface area (Å²) in [5.74, 6) is 0.762. The van der Waals surface area contributed by atoms with Gasteiger partial charge in [0.25, 0.3) is 5.91 Å². The zero-order valence-corrected chi connectivity index (χ0v) is 18.8. The molecule has 3 aromatic rings. The van der Waals surface area contributed by atoms with Gasteiger partial charge in [0.15, 0.2) is 16.6 Å². The molecule has 3 rings (SSSR count). The molecular weight excluding hydrogens is 426 g/mol. The number of rotatable bonds is 10. The molecular formula is C24H25N3O4S. The zero-order chi connectivity index (χ0) is 22.8. The number of hydrogen-bond acceptors (Lipinski definition) is 6. The molecule has 0 saturated carbocycles. The molecule has 2 N–H and O–H groups in total. The lowest BCUT2D eigenvalue weighted by atomic mass is 10.1. The fourth-order valence-electron chi connectivity index (χ4n) is 2.75. The van der Waals surface area contributed by atoms with E-state index in [0.29, 0.717) is 34.5 Å². The van der Waals surface area contributed by atoms with Crippen LogP contribution in [0.2, 0.25) is 0 Å². The number of hydrogen-bond donors (Lipinski definition) is 2. The van der Waals surface area contributed by atoms with Crippen LogP contribution in [0.3, 0.4) is 0 Å². The fraction of sp³-hybridized carbons (Fsp3) is 0.208. The first-order chi connectivity index (χ1) is 15.6. The van der Waals surface area contributed by atoms with Gasteiger partial charge in [0.1, 0.15) is 0 Å². The van der Waals surface area contributed by atoms with E-state index in [1.54, 1.807) is 49.0 Å². The minimum Gasteiger partial charge on any atom is -0.493 e. The summed E-state index contributed by atoms with van der Waals surface area (Å²) in [6.45, 7) is 2.74. The van der Waals surface area contributed by atoms with E-state index in [4.69, 9.17) is 9.47 Å². The van der Waals surface area contributed by atoms with E-state index in [-0.39, 0.29) is 11.8 Å². The molecule has 32 heavy (non-hydrogen) atoms. The molecule has 0 fully saturated rings. The van der Waals surface area contributed by atoms with Gasteiger partial charge < -0.3 is 14.8 Å². The van der Waals surface area contributed by atoms with Gasteiger partial charge in [0.2, 0.25) is 5.91 Å². The Bertz CT molecular complexity index is 1060. The van der Waals surface area contributed by atoms with E-state index in [1.165, 1.54) is 17.4 Å². The minimum atomic E-state index is -0.285. The van der Waals surface area contributed by atoms with Crippen molar-refractivity contribution in [1.82, 2.24) is 4.98 Å². The van der Waals surface area contributed by atoms with Crippen molar-refractivity contribution in [1.29, 1.82) is 0 Å². The summed E-state index contributed by atoms with van der Waals surface area (Å²) in [6.07, 6.45) is 6.79. The molecule has 0 atom stereocenters. The van der Waals surface area contributed by atoms with Gasteiger partial charge in [0, 0.05) is 28.9 Å². The number of ether oxygens (including phenoxy) is 2. The second-order valence-electron chi connectivity index (χ2n) is 6.80. The van der Waals surface area contributed by atoms with Crippen LogP contribution < -0.4 is 20.1 Å². The van der Waals surface area contributed by atoms with Gasteiger partial charge in [-0.05, 0) is 54.5 Å². The van der Waals surface area contributed by atoms with Gasteiger partial charge in [0.05, 0.1) is 13.7 Å². The van der Waals surface area contributed by atoms with Crippen molar-refractivity contribution in [3.8, 4) is 11.5 Å². The molecule has 166 valence electrons. The Labute approximate surface area is 191 Å². The summed E-state index contributed by atoms with van der Waals surface area (Å²) >= 11 is 1.35. The van der Waals surface area contributed by atoms with E-state index >= 15 is 0 Å². The van der Waals surface area contributed by atoms with Crippen LogP contribution in [-0.4, -0.2) is 30.5 Å². The molecule has 0 bridgehead atoms. The predicted octanol–water partition coefficient (Wildman–Crippen LogP) is 5.23. The number of carbonyl (C=O) groups is 2. The monoisotopic (exact) mass is 451 g/mol. The van der Waals surface area contributed by atoms with E-state index in [2.05, 4.69) is 22.5 Å². The lowest BCUT2D eigenvalue weighted by Gasteiger charge is -2.11. The van der Waals surface area contributed by atoms with Crippen molar-refractivity contribution >= 4 is 40.0 Å². The standard InChI is InChI=1S/C24H25N3O4S/c1-3-4-14-31-20-11-5-17(16-21(20)30-2)6-12-22(28)26-19-9-7-18(8-10-19)23(29)27-24-25-13-15-32-24/h5-13,15-16H,3-4,14H2,1-2H3,(H,26,28)(H,25,27,29)/b12-6+. The molecule has 1 heterocycles. The van der Waals surface area contributed by atoms with Gasteiger partial charge >= 0.3 is 0 Å². The zero-order valence-electron chi connectivity index (χ0n) is 18.0. The average Bonchev–Trinajstić information content (AvgIpc) is 3.32. The number of methoxy groups -OCH3 is 1. The molecule has 8 heteroatoms. The van der Waals surface area contributed by atoms with E-state index < -0.39 is 0 Å². The number of carbonyl (C=O) groups excluding carboxylic acids is 2. The largest absolute Gasteiger partial charge is 0.493 e. The maximum Gasteiger partial charge on any atom is 0.257 e. The minimum absolute atomic E-state index is 0.256. The quantitative estimate of drug-likeness (QED) is 0.325. The van der Waals surface area contributed by atoms with Crippen LogP contribution in [0.1, 0.15) is 35.7 Å². The highest BCUT2D eigenvalue weighted by Gasteiger charge is 2.08. The van der Waals surface area contributed by atoms with Crippen LogP contribution in [-0.2, 0) is 4.79 Å². The summed E-state index contributed by atoms with van der Waals surface area (Å²) in [6, 6.07) is 12.2. The van der Waals surface area contributed by atoms with Gasteiger partial charge in [-0.3, -0.25) is 14.9 Å². The van der Waals surface area contributed by atoms with Crippen molar-refractivity contribution < 1.29 is 19.1 Å². The van der Waals surface area contributed by atoms with E-state index in [0.717, 1.165) is 18.4 Å². The number of anilines is 2. The molecule has 7 nitrogen and oxygen atoms in total. The molecule has 0 radical (unpaired) electrons. The molecule has 1 aromatic heterocycles. The molecule has 0 spiro atoms. The summed E-state index contributed by atoms with van der Waals surface area (Å²) in [5.41, 5.74) is 1.87. The smallest absolute Gasteiger partial charge is 0.257 e. The first-order valence-corrected chi connectivity index (χ1v) is 11.1. The van der Waals surface area contributed by atoms with Crippen LogP contribution in [0.15, 0.2) is 60.1 Å². The lowest BCUT2D eigenvalue weighted by Crippen LogP contribution is -2.12. The Hall–Kier alpha value is -3.65. The third kappa shape index (κ3) is 6.68. The third-order valence-corrected chi connectivity index (χ3v) is 5.13. The summed E-state index contributed by atoms with van der Waals surface area (Å²) in [5, 5.41) is 7.81. The van der Waals surface area contributed by atoms with Crippen molar-refractivity contribution in [2.45, 2.75) is 19.8 Å². The topological polar surface area (TPSA) is 89.5 Å². The van der Waals surface area contributed by atoms with Crippen molar-refractivity contribution in [3.05, 3.63) is 71.2 Å². The van der Waals surface area contributed by atoms with Gasteiger partial charge in [-0.2, -0.15) is 0 Å². The van der Waals surface area contributed by atoms with E-state index in [1.807, 2.05) is 18.2 Å². The summed E-state index contributed by atoms with van der Waals surface area (Å²) in [7, 11) is 1.59. The number of thiazole rings is 1. The van der Waals surface area contributed by atoms with Gasteiger partial charge in [-0.25, -0.2) is 4.98 Å². The summed E-state index contributed by atoms with van der Waals surface area (Å²) in [4.78, 5) is 28.5. The van der Waals surface area contributed by atoms with E-state index in [9.17, 15) is 9.59 Å².